The number of nitrogens with zero attached hydrogens (tertiary/aromatic N) is 2. The summed E-state index contributed by atoms with van der Waals surface area (Å²) in [5.41, 5.74) is 2.51. The highest BCUT2D eigenvalue weighted by atomic mass is 19.1. The maximum atomic E-state index is 12.8. The molecule has 3 aromatic rings. The monoisotopic (exact) mass is 340 g/mol. The number of rotatable bonds is 5. The number of benzene rings is 1. The van der Waals surface area contributed by atoms with E-state index in [4.69, 9.17) is 4.74 Å². The first-order valence-corrected chi connectivity index (χ1v) is 7.90. The van der Waals surface area contributed by atoms with Gasteiger partial charge in [-0.25, -0.2) is 9.37 Å². The quantitative estimate of drug-likeness (QED) is 0.670. The number of carbonyl (C=O) groups excluding carboxylic acids is 1. The van der Waals surface area contributed by atoms with Crippen LogP contribution in [0.2, 0.25) is 0 Å². The molecule has 0 fully saturated rings. The molecule has 0 amide bonds. The Kier molecular flexibility index (Phi) is 4.88. The summed E-state index contributed by atoms with van der Waals surface area (Å²) in [5.74, 6) is -0.703. The molecule has 0 radical (unpaired) electrons. The van der Waals surface area contributed by atoms with Gasteiger partial charge in [-0.05, 0) is 42.7 Å². The van der Waals surface area contributed by atoms with Crippen molar-refractivity contribution in [3.05, 3.63) is 81.7 Å². The molecule has 128 valence electrons. The standard InChI is InChI=1S/C19H17FN2O3/c1-13-2-8-17-21-16(10-18(23)22(17)11-13)12-25-19(24)9-5-14-3-6-15(20)7-4-14/h2-4,6-8,10-11H,5,9,12H2,1H3. The molecule has 5 nitrogen and oxygen atoms in total. The molecular weight excluding hydrogens is 323 g/mol. The molecule has 0 unspecified atom stereocenters. The molecule has 1 aromatic carbocycles. The molecule has 0 saturated heterocycles. The fraction of sp³-hybridized carbons (Fsp3) is 0.211. The molecule has 0 saturated carbocycles. The minimum atomic E-state index is -0.393. The third-order valence-electron chi connectivity index (χ3n) is 3.77. The number of aryl methyl sites for hydroxylation is 2. The Morgan fingerprint density at radius 2 is 1.96 bits per heavy atom. The molecule has 2 heterocycles. The third kappa shape index (κ3) is 4.29. The van der Waals surface area contributed by atoms with Gasteiger partial charge < -0.3 is 4.74 Å². The fourth-order valence-electron chi connectivity index (χ4n) is 2.46. The Hall–Kier alpha value is -3.02. The van der Waals surface area contributed by atoms with Crippen molar-refractivity contribution in [1.82, 2.24) is 9.38 Å². The van der Waals surface area contributed by atoms with Gasteiger partial charge in [-0.3, -0.25) is 14.0 Å². The Morgan fingerprint density at radius 1 is 1.20 bits per heavy atom. The Balaban J connectivity index is 1.60. The van der Waals surface area contributed by atoms with Crippen LogP contribution in [0.1, 0.15) is 23.2 Å². The molecule has 3 rings (SSSR count). The lowest BCUT2D eigenvalue weighted by Crippen LogP contribution is -2.17. The van der Waals surface area contributed by atoms with Crippen molar-refractivity contribution in [3.63, 3.8) is 0 Å². The second-order valence-corrected chi connectivity index (χ2v) is 5.81. The van der Waals surface area contributed by atoms with Crippen molar-refractivity contribution in [2.75, 3.05) is 0 Å². The second kappa shape index (κ2) is 7.25. The van der Waals surface area contributed by atoms with E-state index in [0.29, 0.717) is 17.8 Å². The summed E-state index contributed by atoms with van der Waals surface area (Å²) in [5, 5.41) is 0. The number of hydrogen-bond acceptors (Lipinski definition) is 4. The van der Waals surface area contributed by atoms with Crippen LogP contribution in [0.15, 0.2) is 53.5 Å². The smallest absolute Gasteiger partial charge is 0.306 e. The van der Waals surface area contributed by atoms with E-state index >= 15 is 0 Å². The number of ether oxygens (including phenoxy) is 1. The highest BCUT2D eigenvalue weighted by Gasteiger charge is 2.07. The molecule has 0 spiro atoms. The first-order valence-electron chi connectivity index (χ1n) is 7.90. The SMILES string of the molecule is Cc1ccc2nc(COC(=O)CCc3ccc(F)cc3)cc(=O)n2c1. The van der Waals surface area contributed by atoms with E-state index in [2.05, 4.69) is 4.98 Å². The predicted octanol–water partition coefficient (Wildman–Crippen LogP) is 2.82. The second-order valence-electron chi connectivity index (χ2n) is 5.81. The first-order chi connectivity index (χ1) is 12.0. The van der Waals surface area contributed by atoms with Gasteiger partial charge in [-0.15, -0.1) is 0 Å². The summed E-state index contributed by atoms with van der Waals surface area (Å²) in [4.78, 5) is 28.3. The summed E-state index contributed by atoms with van der Waals surface area (Å²) in [7, 11) is 0. The number of fused-ring (bicyclic) bond motifs is 1. The number of aromatic nitrogens is 2. The third-order valence-corrected chi connectivity index (χ3v) is 3.77. The van der Waals surface area contributed by atoms with Crippen LogP contribution in [-0.4, -0.2) is 15.4 Å². The number of hydrogen-bond donors (Lipinski definition) is 0. The van der Waals surface area contributed by atoms with E-state index in [1.54, 1.807) is 24.4 Å². The average molecular weight is 340 g/mol. The molecule has 0 atom stereocenters. The summed E-state index contributed by atoms with van der Waals surface area (Å²) >= 11 is 0. The van der Waals surface area contributed by atoms with E-state index in [0.717, 1.165) is 11.1 Å². The maximum Gasteiger partial charge on any atom is 0.306 e. The lowest BCUT2D eigenvalue weighted by molar-refractivity contribution is -0.145. The van der Waals surface area contributed by atoms with Gasteiger partial charge in [0.05, 0.1) is 5.69 Å². The van der Waals surface area contributed by atoms with Crippen LogP contribution in [0.5, 0.6) is 0 Å². The number of carbonyl (C=O) groups is 1. The van der Waals surface area contributed by atoms with Gasteiger partial charge in [0, 0.05) is 18.7 Å². The van der Waals surface area contributed by atoms with Gasteiger partial charge in [-0.2, -0.15) is 0 Å². The van der Waals surface area contributed by atoms with Crippen molar-refractivity contribution in [2.24, 2.45) is 0 Å². The van der Waals surface area contributed by atoms with Crippen molar-refractivity contribution in [3.8, 4) is 0 Å². The van der Waals surface area contributed by atoms with Crippen molar-refractivity contribution in [1.29, 1.82) is 0 Å². The molecule has 6 heteroatoms. The molecule has 0 aliphatic carbocycles. The lowest BCUT2D eigenvalue weighted by atomic mass is 10.1. The van der Waals surface area contributed by atoms with Gasteiger partial charge in [0.15, 0.2) is 0 Å². The van der Waals surface area contributed by atoms with Crippen LogP contribution in [0.4, 0.5) is 4.39 Å². The van der Waals surface area contributed by atoms with Crippen LogP contribution in [0.25, 0.3) is 5.65 Å². The topological polar surface area (TPSA) is 60.7 Å². The molecular formula is C19H17FN2O3. The van der Waals surface area contributed by atoms with Crippen LogP contribution in [0, 0.1) is 12.7 Å². The first kappa shape index (κ1) is 16.8. The number of pyridine rings is 1. The summed E-state index contributed by atoms with van der Waals surface area (Å²) < 4.78 is 19.5. The molecule has 0 bridgehead atoms. The van der Waals surface area contributed by atoms with Gasteiger partial charge in [0.2, 0.25) is 0 Å². The van der Waals surface area contributed by atoms with Crippen LogP contribution in [0.3, 0.4) is 0 Å². The average Bonchev–Trinajstić information content (AvgIpc) is 2.60. The van der Waals surface area contributed by atoms with E-state index < -0.39 is 5.97 Å². The zero-order valence-corrected chi connectivity index (χ0v) is 13.7. The molecule has 2 aromatic heterocycles. The van der Waals surface area contributed by atoms with Crippen molar-refractivity contribution < 1.29 is 13.9 Å². The van der Waals surface area contributed by atoms with Gasteiger partial charge in [0.1, 0.15) is 18.1 Å². The van der Waals surface area contributed by atoms with E-state index in [9.17, 15) is 14.0 Å². The number of esters is 1. The Morgan fingerprint density at radius 3 is 2.72 bits per heavy atom. The molecule has 0 aliphatic rings. The van der Waals surface area contributed by atoms with E-state index in [1.807, 2.05) is 13.0 Å². The normalized spacial score (nSPS) is 10.8. The van der Waals surface area contributed by atoms with Crippen LogP contribution >= 0.6 is 0 Å². The zero-order valence-electron chi connectivity index (χ0n) is 13.7. The lowest BCUT2D eigenvalue weighted by Gasteiger charge is -2.07. The molecule has 0 aliphatic heterocycles. The van der Waals surface area contributed by atoms with Crippen molar-refractivity contribution in [2.45, 2.75) is 26.4 Å². The summed E-state index contributed by atoms with van der Waals surface area (Å²) in [6.07, 6.45) is 2.35. The largest absolute Gasteiger partial charge is 0.459 e. The zero-order chi connectivity index (χ0) is 17.8. The van der Waals surface area contributed by atoms with E-state index in [1.165, 1.54) is 22.6 Å². The number of halogens is 1. The fourth-order valence-corrected chi connectivity index (χ4v) is 2.46. The summed E-state index contributed by atoms with van der Waals surface area (Å²) in [6.45, 7) is 1.84. The van der Waals surface area contributed by atoms with Crippen LogP contribution < -0.4 is 5.56 Å². The molecule has 0 N–H and O–H groups in total. The highest BCUT2D eigenvalue weighted by molar-refractivity contribution is 5.69. The van der Waals surface area contributed by atoms with Gasteiger partial charge >= 0.3 is 5.97 Å². The van der Waals surface area contributed by atoms with Gasteiger partial charge in [0.25, 0.3) is 5.56 Å². The van der Waals surface area contributed by atoms with Crippen LogP contribution in [-0.2, 0) is 22.6 Å². The predicted molar refractivity (Wildman–Crippen MR) is 90.7 cm³/mol. The molecule has 25 heavy (non-hydrogen) atoms. The van der Waals surface area contributed by atoms with E-state index in [-0.39, 0.29) is 24.4 Å². The highest BCUT2D eigenvalue weighted by Crippen LogP contribution is 2.07. The minimum absolute atomic E-state index is 0.0537. The van der Waals surface area contributed by atoms with Gasteiger partial charge in [-0.1, -0.05) is 18.2 Å². The van der Waals surface area contributed by atoms with Crippen molar-refractivity contribution >= 4 is 11.6 Å². The maximum absolute atomic E-state index is 12.8. The Bertz CT molecular complexity index is 965. The summed E-state index contributed by atoms with van der Waals surface area (Å²) in [6, 6.07) is 11.0. The Labute approximate surface area is 143 Å². The minimum Gasteiger partial charge on any atom is -0.459 e.